The van der Waals surface area contributed by atoms with Crippen LogP contribution in [0.1, 0.15) is 26.7 Å². The van der Waals surface area contributed by atoms with Crippen LogP contribution < -0.4 is 15.4 Å². The SMILES string of the molecule is COC(=O)C[C@H](NC(=O)CC(C)C)C(=O)COc1c(F)cccc1P. The van der Waals surface area contributed by atoms with Crippen molar-refractivity contribution in [2.24, 2.45) is 5.92 Å². The average Bonchev–Trinajstić information content (AvgIpc) is 2.52. The molecule has 0 saturated carbocycles. The molecule has 0 aromatic heterocycles. The zero-order valence-corrected chi connectivity index (χ0v) is 15.7. The van der Waals surface area contributed by atoms with E-state index in [0.717, 1.165) is 0 Å². The molecule has 6 nitrogen and oxygen atoms in total. The summed E-state index contributed by atoms with van der Waals surface area (Å²) in [5.41, 5.74) is 0. The van der Waals surface area contributed by atoms with Crippen molar-refractivity contribution in [1.29, 1.82) is 0 Å². The number of esters is 1. The summed E-state index contributed by atoms with van der Waals surface area (Å²) in [7, 11) is 3.50. The molecule has 0 heterocycles. The van der Waals surface area contributed by atoms with Crippen molar-refractivity contribution in [3.8, 4) is 5.75 Å². The van der Waals surface area contributed by atoms with Crippen molar-refractivity contribution in [3.05, 3.63) is 24.0 Å². The molecule has 0 spiro atoms. The number of hydrogen-bond acceptors (Lipinski definition) is 5. The van der Waals surface area contributed by atoms with Crippen LogP contribution in [0.15, 0.2) is 18.2 Å². The highest BCUT2D eigenvalue weighted by Gasteiger charge is 2.25. The lowest BCUT2D eigenvalue weighted by molar-refractivity contribution is -0.143. The molecule has 1 unspecified atom stereocenters. The van der Waals surface area contributed by atoms with Gasteiger partial charge in [-0.2, -0.15) is 0 Å². The molecule has 0 aliphatic heterocycles. The van der Waals surface area contributed by atoms with E-state index in [1.807, 2.05) is 13.8 Å². The molecule has 0 fully saturated rings. The molecular formula is C17H23FNO5P. The minimum absolute atomic E-state index is 0.0637. The number of rotatable bonds is 9. The Hall–Kier alpha value is -2.01. The maximum Gasteiger partial charge on any atom is 0.308 e. The molecule has 0 bridgehead atoms. The van der Waals surface area contributed by atoms with E-state index in [9.17, 15) is 18.8 Å². The number of methoxy groups -OCH3 is 1. The number of carbonyl (C=O) groups is 3. The van der Waals surface area contributed by atoms with Crippen molar-refractivity contribution >= 4 is 32.2 Å². The monoisotopic (exact) mass is 371 g/mol. The fourth-order valence-electron chi connectivity index (χ4n) is 2.04. The largest absolute Gasteiger partial charge is 0.482 e. The molecule has 0 aliphatic carbocycles. The molecule has 1 N–H and O–H groups in total. The summed E-state index contributed by atoms with van der Waals surface area (Å²) in [6.45, 7) is 3.24. The molecule has 0 radical (unpaired) electrons. The molecule has 1 rings (SSSR count). The molecule has 0 aliphatic rings. The summed E-state index contributed by atoms with van der Waals surface area (Å²) in [4.78, 5) is 35.7. The van der Waals surface area contributed by atoms with Gasteiger partial charge in [-0.25, -0.2) is 4.39 Å². The molecule has 138 valence electrons. The van der Waals surface area contributed by atoms with Gasteiger partial charge in [0, 0.05) is 11.7 Å². The van der Waals surface area contributed by atoms with Gasteiger partial charge in [0.15, 0.2) is 17.3 Å². The van der Waals surface area contributed by atoms with Gasteiger partial charge in [-0.05, 0) is 12.0 Å². The fourth-order valence-corrected chi connectivity index (χ4v) is 2.37. The van der Waals surface area contributed by atoms with Crippen molar-refractivity contribution in [2.75, 3.05) is 13.7 Å². The Balaban J connectivity index is 2.77. The Kier molecular flexibility index (Phi) is 8.49. The van der Waals surface area contributed by atoms with E-state index in [1.54, 1.807) is 6.07 Å². The first-order chi connectivity index (χ1) is 11.7. The summed E-state index contributed by atoms with van der Waals surface area (Å²) in [6, 6.07) is 3.25. The van der Waals surface area contributed by atoms with Crippen molar-refractivity contribution in [1.82, 2.24) is 5.32 Å². The summed E-state index contributed by atoms with van der Waals surface area (Å²) < 4.78 is 23.5. The highest BCUT2D eigenvalue weighted by Crippen LogP contribution is 2.16. The van der Waals surface area contributed by atoms with E-state index in [1.165, 1.54) is 19.2 Å². The molecule has 1 amide bonds. The van der Waals surface area contributed by atoms with E-state index in [-0.39, 0.29) is 30.4 Å². The third-order valence-electron chi connectivity index (χ3n) is 3.27. The lowest BCUT2D eigenvalue weighted by atomic mass is 10.1. The first kappa shape index (κ1) is 21.0. The standard InChI is InChI=1S/C17H23FNO5P/c1-10(2)7-15(21)19-12(8-16(22)23-3)13(20)9-24-17-11(18)5-4-6-14(17)25/h4-6,10,12H,7-9,25H2,1-3H3,(H,19,21)/t12-/m0/s1. The van der Waals surface area contributed by atoms with Crippen LogP contribution in [-0.4, -0.2) is 37.4 Å². The smallest absolute Gasteiger partial charge is 0.308 e. The van der Waals surface area contributed by atoms with Crippen LogP contribution in [-0.2, 0) is 19.1 Å². The van der Waals surface area contributed by atoms with E-state index in [4.69, 9.17) is 4.74 Å². The number of ketones is 1. The summed E-state index contributed by atoms with van der Waals surface area (Å²) >= 11 is 0. The number of ether oxygens (including phenoxy) is 2. The van der Waals surface area contributed by atoms with E-state index in [0.29, 0.717) is 5.30 Å². The van der Waals surface area contributed by atoms with Crippen LogP contribution in [0.5, 0.6) is 5.75 Å². The molecule has 25 heavy (non-hydrogen) atoms. The summed E-state index contributed by atoms with van der Waals surface area (Å²) in [5, 5.41) is 2.97. The molecule has 2 atom stereocenters. The second-order valence-electron chi connectivity index (χ2n) is 5.91. The van der Waals surface area contributed by atoms with E-state index in [2.05, 4.69) is 19.3 Å². The van der Waals surface area contributed by atoms with Gasteiger partial charge in [0.2, 0.25) is 5.91 Å². The minimum atomic E-state index is -1.08. The second kappa shape index (κ2) is 10.1. The van der Waals surface area contributed by atoms with Crippen LogP contribution in [0, 0.1) is 11.7 Å². The van der Waals surface area contributed by atoms with Gasteiger partial charge in [-0.15, -0.1) is 9.24 Å². The number of benzene rings is 1. The van der Waals surface area contributed by atoms with Crippen LogP contribution >= 0.6 is 9.24 Å². The van der Waals surface area contributed by atoms with Crippen molar-refractivity contribution in [2.45, 2.75) is 32.7 Å². The zero-order valence-electron chi connectivity index (χ0n) is 14.5. The third-order valence-corrected chi connectivity index (χ3v) is 3.73. The maximum atomic E-state index is 13.7. The van der Waals surface area contributed by atoms with E-state index < -0.39 is 30.2 Å². The zero-order chi connectivity index (χ0) is 19.0. The van der Waals surface area contributed by atoms with Gasteiger partial charge in [-0.3, -0.25) is 14.4 Å². The predicted octanol–water partition coefficient (Wildman–Crippen LogP) is 1.37. The Morgan fingerprint density at radius 2 is 1.92 bits per heavy atom. The van der Waals surface area contributed by atoms with Gasteiger partial charge in [0.1, 0.15) is 12.6 Å². The third kappa shape index (κ3) is 7.18. The normalized spacial score (nSPS) is 11.8. The van der Waals surface area contributed by atoms with Crippen molar-refractivity contribution < 1.29 is 28.2 Å². The van der Waals surface area contributed by atoms with Gasteiger partial charge in [0.25, 0.3) is 0 Å². The first-order valence-corrected chi connectivity index (χ1v) is 8.38. The number of para-hydroxylation sites is 1. The van der Waals surface area contributed by atoms with E-state index >= 15 is 0 Å². The topological polar surface area (TPSA) is 81.7 Å². The van der Waals surface area contributed by atoms with Gasteiger partial charge in [0.05, 0.1) is 13.5 Å². The molecule has 8 heteroatoms. The summed E-state index contributed by atoms with van der Waals surface area (Å²) in [5.74, 6) is -2.10. The van der Waals surface area contributed by atoms with Crippen LogP contribution in [0.2, 0.25) is 0 Å². The summed E-state index contributed by atoms with van der Waals surface area (Å²) in [6.07, 6.45) is -0.0948. The highest BCUT2D eigenvalue weighted by atomic mass is 31.0. The number of hydrogen-bond donors (Lipinski definition) is 1. The number of nitrogens with one attached hydrogen (secondary N) is 1. The lowest BCUT2D eigenvalue weighted by Gasteiger charge is -2.18. The van der Waals surface area contributed by atoms with Crippen LogP contribution in [0.3, 0.4) is 0 Å². The number of carbonyl (C=O) groups excluding carboxylic acids is 3. The Bertz CT molecular complexity index is 615. The maximum absolute atomic E-state index is 13.7. The number of amides is 1. The van der Waals surface area contributed by atoms with Gasteiger partial charge < -0.3 is 14.8 Å². The Morgan fingerprint density at radius 1 is 1.24 bits per heavy atom. The van der Waals surface area contributed by atoms with Crippen molar-refractivity contribution in [3.63, 3.8) is 0 Å². The highest BCUT2D eigenvalue weighted by molar-refractivity contribution is 7.27. The first-order valence-electron chi connectivity index (χ1n) is 7.80. The molecular weight excluding hydrogens is 348 g/mol. The molecule has 1 aromatic rings. The minimum Gasteiger partial charge on any atom is -0.482 e. The lowest BCUT2D eigenvalue weighted by Crippen LogP contribution is -2.44. The van der Waals surface area contributed by atoms with Crippen LogP contribution in [0.4, 0.5) is 4.39 Å². The molecule has 1 aromatic carbocycles. The quantitative estimate of drug-likeness (QED) is 0.524. The van der Waals surface area contributed by atoms with Crippen LogP contribution in [0.25, 0.3) is 0 Å². The van der Waals surface area contributed by atoms with Gasteiger partial charge >= 0.3 is 5.97 Å². The predicted molar refractivity (Wildman–Crippen MR) is 94.3 cm³/mol. The number of halogens is 1. The average molecular weight is 371 g/mol. The Morgan fingerprint density at radius 3 is 2.48 bits per heavy atom. The molecule has 0 saturated heterocycles. The number of Topliss-reactive ketones (excluding diaryl/α,β-unsaturated/α-hetero) is 1. The van der Waals surface area contributed by atoms with Gasteiger partial charge in [-0.1, -0.05) is 26.0 Å². The second-order valence-corrected chi connectivity index (χ2v) is 6.53. The fraction of sp³-hybridized carbons (Fsp3) is 0.471. The Labute approximate surface area is 148 Å².